The van der Waals surface area contributed by atoms with Gasteiger partial charge < -0.3 is 5.11 Å². The van der Waals surface area contributed by atoms with Gasteiger partial charge in [0, 0.05) is 17.8 Å². The maximum absolute atomic E-state index is 12.2. The lowest BCUT2D eigenvalue weighted by atomic mass is 10.0. The molecule has 3 nitrogen and oxygen atoms in total. The fourth-order valence-corrected chi connectivity index (χ4v) is 1.83. The average Bonchev–Trinajstić information content (AvgIpc) is 2.39. The molecule has 96 valence electrons. The van der Waals surface area contributed by atoms with Crippen LogP contribution in [0.2, 0.25) is 0 Å². The predicted molar refractivity (Wildman–Crippen MR) is 75.1 cm³/mol. The van der Waals surface area contributed by atoms with Gasteiger partial charge in [0.15, 0.2) is 5.78 Å². The number of aryl methyl sites for hydroxylation is 1. The van der Waals surface area contributed by atoms with Crippen LogP contribution >= 0.6 is 0 Å². The minimum absolute atomic E-state index is 0.0244. The molecule has 1 aromatic heterocycles. The van der Waals surface area contributed by atoms with Gasteiger partial charge in [-0.15, -0.1) is 0 Å². The van der Waals surface area contributed by atoms with Crippen molar-refractivity contribution in [1.82, 2.24) is 4.98 Å². The molecule has 19 heavy (non-hydrogen) atoms. The van der Waals surface area contributed by atoms with Gasteiger partial charge in [-0.1, -0.05) is 24.3 Å². The van der Waals surface area contributed by atoms with Crippen molar-refractivity contribution in [2.75, 3.05) is 0 Å². The molecule has 0 aliphatic heterocycles. The second kappa shape index (κ2) is 5.48. The fraction of sp³-hybridized carbons (Fsp3) is 0.125. The molecule has 0 saturated carbocycles. The van der Waals surface area contributed by atoms with Crippen LogP contribution < -0.4 is 0 Å². The quantitative estimate of drug-likeness (QED) is 0.674. The Morgan fingerprint density at radius 1 is 1.21 bits per heavy atom. The van der Waals surface area contributed by atoms with Crippen molar-refractivity contribution in [3.63, 3.8) is 0 Å². The van der Waals surface area contributed by atoms with Crippen molar-refractivity contribution < 1.29 is 9.90 Å². The number of benzene rings is 1. The molecule has 0 fully saturated rings. The summed E-state index contributed by atoms with van der Waals surface area (Å²) < 4.78 is 0. The van der Waals surface area contributed by atoms with Gasteiger partial charge in [-0.05, 0) is 42.7 Å². The lowest BCUT2D eigenvalue weighted by Gasteiger charge is -2.03. The maximum Gasteiger partial charge on any atom is 0.210 e. The topological polar surface area (TPSA) is 50.2 Å². The Kier molecular flexibility index (Phi) is 3.76. The zero-order valence-corrected chi connectivity index (χ0v) is 10.9. The number of ketones is 1. The third-order valence-corrected chi connectivity index (χ3v) is 2.96. The minimum Gasteiger partial charge on any atom is -0.493 e. The first-order valence-corrected chi connectivity index (χ1v) is 6.01. The van der Waals surface area contributed by atoms with Crippen LogP contribution in [0.1, 0.15) is 28.4 Å². The summed E-state index contributed by atoms with van der Waals surface area (Å²) >= 11 is 0. The molecule has 0 bridgehead atoms. The summed E-state index contributed by atoms with van der Waals surface area (Å²) in [4.78, 5) is 16.0. The molecule has 0 unspecified atom stereocenters. The van der Waals surface area contributed by atoms with Crippen molar-refractivity contribution in [2.45, 2.75) is 13.8 Å². The Labute approximate surface area is 112 Å². The van der Waals surface area contributed by atoms with Crippen LogP contribution in [0.3, 0.4) is 0 Å². The van der Waals surface area contributed by atoms with E-state index in [9.17, 15) is 4.79 Å². The summed E-state index contributed by atoms with van der Waals surface area (Å²) in [6.45, 7) is 3.77. The SMILES string of the molecule is C/C(=C\C(=O)c1ccccc1C)c1ccc(O)nc1. The van der Waals surface area contributed by atoms with Crippen molar-refractivity contribution in [3.8, 4) is 5.88 Å². The van der Waals surface area contributed by atoms with Crippen LogP contribution in [0, 0.1) is 6.92 Å². The minimum atomic E-state index is -0.0261. The molecule has 0 amide bonds. The van der Waals surface area contributed by atoms with Gasteiger partial charge in [-0.3, -0.25) is 4.79 Å². The summed E-state index contributed by atoms with van der Waals surface area (Å²) in [7, 11) is 0. The summed E-state index contributed by atoms with van der Waals surface area (Å²) in [5.74, 6) is -0.0505. The number of aromatic nitrogens is 1. The van der Waals surface area contributed by atoms with Gasteiger partial charge >= 0.3 is 0 Å². The highest BCUT2D eigenvalue weighted by atomic mass is 16.3. The van der Waals surface area contributed by atoms with Gasteiger partial charge in [0.2, 0.25) is 5.88 Å². The highest BCUT2D eigenvalue weighted by Gasteiger charge is 2.06. The average molecular weight is 253 g/mol. The smallest absolute Gasteiger partial charge is 0.210 e. The van der Waals surface area contributed by atoms with Crippen LogP contribution in [0.4, 0.5) is 0 Å². The van der Waals surface area contributed by atoms with E-state index >= 15 is 0 Å². The van der Waals surface area contributed by atoms with E-state index in [-0.39, 0.29) is 11.7 Å². The molecule has 2 aromatic rings. The van der Waals surface area contributed by atoms with E-state index < -0.39 is 0 Å². The molecule has 1 aromatic carbocycles. The van der Waals surface area contributed by atoms with Gasteiger partial charge in [0.1, 0.15) is 0 Å². The Balaban J connectivity index is 2.28. The van der Waals surface area contributed by atoms with E-state index in [1.807, 2.05) is 38.1 Å². The molecule has 0 aliphatic rings. The molecule has 3 heteroatoms. The normalized spacial score (nSPS) is 11.4. The highest BCUT2D eigenvalue weighted by Crippen LogP contribution is 2.17. The highest BCUT2D eigenvalue weighted by molar-refractivity contribution is 6.09. The first kappa shape index (κ1) is 13.0. The third kappa shape index (κ3) is 3.07. The molecule has 0 spiro atoms. The number of carbonyl (C=O) groups excluding carboxylic acids is 1. The van der Waals surface area contributed by atoms with Crippen molar-refractivity contribution in [2.24, 2.45) is 0 Å². The van der Waals surface area contributed by atoms with E-state index in [1.54, 1.807) is 18.3 Å². The van der Waals surface area contributed by atoms with Crippen molar-refractivity contribution in [3.05, 3.63) is 65.4 Å². The molecule has 0 aliphatic carbocycles. The molecule has 2 rings (SSSR count). The zero-order valence-electron chi connectivity index (χ0n) is 10.9. The lowest BCUT2D eigenvalue weighted by Crippen LogP contribution is -1.98. The van der Waals surface area contributed by atoms with Gasteiger partial charge in [-0.25, -0.2) is 4.98 Å². The number of aromatic hydroxyl groups is 1. The number of rotatable bonds is 3. The summed E-state index contributed by atoms with van der Waals surface area (Å²) in [5.41, 5.74) is 3.30. The Hall–Kier alpha value is -2.42. The van der Waals surface area contributed by atoms with Gasteiger partial charge in [0.05, 0.1) is 0 Å². The third-order valence-electron chi connectivity index (χ3n) is 2.96. The monoisotopic (exact) mass is 253 g/mol. The largest absolute Gasteiger partial charge is 0.493 e. The fourth-order valence-electron chi connectivity index (χ4n) is 1.83. The van der Waals surface area contributed by atoms with E-state index in [4.69, 9.17) is 5.11 Å². The zero-order chi connectivity index (χ0) is 13.8. The first-order chi connectivity index (χ1) is 9.08. The van der Waals surface area contributed by atoms with Gasteiger partial charge in [-0.2, -0.15) is 0 Å². The first-order valence-electron chi connectivity index (χ1n) is 6.01. The number of carbonyl (C=O) groups is 1. The number of nitrogens with zero attached hydrogens (tertiary/aromatic N) is 1. The second-order valence-electron chi connectivity index (χ2n) is 4.41. The van der Waals surface area contributed by atoms with Crippen molar-refractivity contribution >= 4 is 11.4 Å². The molecular weight excluding hydrogens is 238 g/mol. The maximum atomic E-state index is 12.2. The predicted octanol–water partition coefficient (Wildman–Crippen LogP) is 3.38. The number of allylic oxidation sites excluding steroid dienone is 2. The number of hydrogen-bond donors (Lipinski definition) is 1. The van der Waals surface area contributed by atoms with Crippen LogP contribution in [0.25, 0.3) is 5.57 Å². The Bertz CT molecular complexity index is 627. The number of hydrogen-bond acceptors (Lipinski definition) is 3. The molecule has 0 saturated heterocycles. The molecular formula is C16H15NO2. The van der Waals surface area contributed by atoms with Crippen molar-refractivity contribution in [1.29, 1.82) is 0 Å². The summed E-state index contributed by atoms with van der Waals surface area (Å²) in [6.07, 6.45) is 3.14. The standard InChI is InChI=1S/C16H15NO2/c1-11-5-3-4-6-14(11)15(18)9-12(2)13-7-8-16(19)17-10-13/h3-10H,1-2H3,(H,17,19)/b12-9+. The molecule has 0 radical (unpaired) electrons. The van der Waals surface area contributed by atoms with Gasteiger partial charge in [0.25, 0.3) is 0 Å². The Morgan fingerprint density at radius 2 is 1.95 bits per heavy atom. The van der Waals surface area contributed by atoms with Crippen LogP contribution in [-0.2, 0) is 0 Å². The molecule has 1 heterocycles. The second-order valence-corrected chi connectivity index (χ2v) is 4.41. The van der Waals surface area contributed by atoms with E-state index in [1.165, 1.54) is 6.07 Å². The van der Waals surface area contributed by atoms with E-state index in [0.29, 0.717) is 5.56 Å². The summed E-state index contributed by atoms with van der Waals surface area (Å²) in [6, 6.07) is 10.7. The van der Waals surface area contributed by atoms with E-state index in [2.05, 4.69) is 4.98 Å². The van der Waals surface area contributed by atoms with Crippen LogP contribution in [0.5, 0.6) is 5.88 Å². The molecule has 0 atom stereocenters. The lowest BCUT2D eigenvalue weighted by molar-refractivity contribution is 0.104. The van der Waals surface area contributed by atoms with E-state index in [0.717, 1.165) is 16.7 Å². The van der Waals surface area contributed by atoms with Crippen LogP contribution in [-0.4, -0.2) is 15.9 Å². The van der Waals surface area contributed by atoms with Crippen LogP contribution in [0.15, 0.2) is 48.7 Å². The Morgan fingerprint density at radius 3 is 2.58 bits per heavy atom. The summed E-state index contributed by atoms with van der Waals surface area (Å²) in [5, 5.41) is 9.14. The number of pyridine rings is 1. The molecule has 1 N–H and O–H groups in total.